The third-order valence-electron chi connectivity index (χ3n) is 2.89. The van der Waals surface area contributed by atoms with Crippen LogP contribution in [0.1, 0.15) is 17.2 Å². The molecule has 1 unspecified atom stereocenters. The lowest BCUT2D eigenvalue weighted by Gasteiger charge is -2.18. The predicted molar refractivity (Wildman–Crippen MR) is 94.8 cm³/mol. The lowest BCUT2D eigenvalue weighted by atomic mass is 9.99. The summed E-state index contributed by atoms with van der Waals surface area (Å²) in [7, 11) is 0. The van der Waals surface area contributed by atoms with Crippen LogP contribution in [0.3, 0.4) is 0 Å². The molecule has 0 aliphatic rings. The molecule has 0 saturated heterocycles. The van der Waals surface area contributed by atoms with Gasteiger partial charge in [-0.15, -0.1) is 0 Å². The number of rotatable bonds is 4. The Bertz CT molecular complexity index is 558. The maximum absolute atomic E-state index is 5.72. The Labute approximate surface area is 143 Å². The molecule has 0 spiro atoms. The van der Waals surface area contributed by atoms with E-state index in [1.165, 1.54) is 14.7 Å². The Morgan fingerprint density at radius 1 is 1.05 bits per heavy atom. The van der Waals surface area contributed by atoms with Gasteiger partial charge in [0.15, 0.2) is 0 Å². The van der Waals surface area contributed by atoms with Crippen LogP contribution >= 0.6 is 54.5 Å². The summed E-state index contributed by atoms with van der Waals surface area (Å²) < 4.78 is 3.37. The quantitative estimate of drug-likeness (QED) is 0.371. The van der Waals surface area contributed by atoms with E-state index < -0.39 is 0 Å². The minimum atomic E-state index is 0.102. The fraction of sp³-hybridized carbons (Fsp3) is 0.143. The molecule has 0 saturated carbocycles. The summed E-state index contributed by atoms with van der Waals surface area (Å²) in [5, 5.41) is 0. The van der Waals surface area contributed by atoms with Gasteiger partial charge in [0.2, 0.25) is 0 Å². The van der Waals surface area contributed by atoms with E-state index in [0.29, 0.717) is 0 Å². The van der Waals surface area contributed by atoms with Gasteiger partial charge in [0.05, 0.1) is 6.04 Å². The molecule has 2 rings (SSSR count). The van der Waals surface area contributed by atoms with E-state index >= 15 is 0 Å². The number of hydrogen-bond acceptors (Lipinski definition) is 2. The van der Waals surface area contributed by atoms with Crippen LogP contribution < -0.4 is 11.3 Å². The zero-order chi connectivity index (χ0) is 13.8. The Balaban J connectivity index is 2.24. The van der Waals surface area contributed by atoms with Gasteiger partial charge in [0, 0.05) is 12.5 Å². The molecular weight excluding hydrogens is 483 g/mol. The van der Waals surface area contributed by atoms with E-state index in [1.807, 2.05) is 6.07 Å². The summed E-state index contributed by atoms with van der Waals surface area (Å²) in [5.74, 6) is 5.72. The molecule has 0 aromatic heterocycles. The maximum Gasteiger partial charge on any atom is 0.0511 e. The molecule has 0 aliphatic heterocycles. The number of hydrazine groups is 1. The van der Waals surface area contributed by atoms with Crippen LogP contribution in [-0.4, -0.2) is 0 Å². The van der Waals surface area contributed by atoms with Gasteiger partial charge in [-0.3, -0.25) is 11.3 Å². The number of hydrogen-bond donors (Lipinski definition) is 2. The molecule has 0 aliphatic carbocycles. The van der Waals surface area contributed by atoms with E-state index in [2.05, 4.69) is 96.3 Å². The van der Waals surface area contributed by atoms with Crippen LogP contribution in [0.4, 0.5) is 0 Å². The van der Waals surface area contributed by atoms with Crippen LogP contribution in [0.2, 0.25) is 0 Å². The van der Waals surface area contributed by atoms with Crippen molar-refractivity contribution in [3.8, 4) is 0 Å². The van der Waals surface area contributed by atoms with Crippen molar-refractivity contribution in [1.82, 2.24) is 5.43 Å². The van der Waals surface area contributed by atoms with Gasteiger partial charge < -0.3 is 0 Å². The minimum Gasteiger partial charge on any atom is -0.271 e. The lowest BCUT2D eigenvalue weighted by molar-refractivity contribution is 0.549. The van der Waals surface area contributed by atoms with Gasteiger partial charge >= 0.3 is 0 Å². The second-order valence-electron chi connectivity index (χ2n) is 4.22. The van der Waals surface area contributed by atoms with Gasteiger partial charge in [-0.05, 0) is 70.5 Å². The average molecular weight is 496 g/mol. The predicted octanol–water partition coefficient (Wildman–Crippen LogP) is 4.56. The fourth-order valence-corrected chi connectivity index (χ4v) is 3.25. The molecule has 0 heterocycles. The van der Waals surface area contributed by atoms with E-state index in [0.717, 1.165) is 15.4 Å². The zero-order valence-corrected chi connectivity index (χ0v) is 15.4. The molecule has 2 aromatic carbocycles. The average Bonchev–Trinajstić information content (AvgIpc) is 2.41. The molecule has 5 heteroatoms. The minimum absolute atomic E-state index is 0.102. The summed E-state index contributed by atoms with van der Waals surface area (Å²) in [5.41, 5.74) is 5.37. The van der Waals surface area contributed by atoms with Crippen LogP contribution in [0.25, 0.3) is 0 Å². The second kappa shape index (κ2) is 7.17. The van der Waals surface area contributed by atoms with Crippen LogP contribution in [-0.2, 0) is 6.42 Å². The highest BCUT2D eigenvalue weighted by Crippen LogP contribution is 2.26. The smallest absolute Gasteiger partial charge is 0.0511 e. The van der Waals surface area contributed by atoms with Gasteiger partial charge in [0.1, 0.15) is 0 Å². The molecule has 2 nitrogen and oxygen atoms in total. The SMILES string of the molecule is NNC(Cc1ccc(Br)cc1)c1cc(Br)ccc1I. The molecule has 19 heavy (non-hydrogen) atoms. The van der Waals surface area contributed by atoms with E-state index in [1.54, 1.807) is 0 Å². The highest BCUT2D eigenvalue weighted by Gasteiger charge is 2.14. The Hall–Kier alpha value is 0.0500. The highest BCUT2D eigenvalue weighted by atomic mass is 127. The first-order valence-electron chi connectivity index (χ1n) is 5.75. The van der Waals surface area contributed by atoms with E-state index in [-0.39, 0.29) is 6.04 Å². The van der Waals surface area contributed by atoms with Gasteiger partial charge in [-0.25, -0.2) is 0 Å². The van der Waals surface area contributed by atoms with Crippen molar-refractivity contribution in [2.24, 2.45) is 5.84 Å². The summed E-state index contributed by atoms with van der Waals surface area (Å²) in [6, 6.07) is 14.7. The molecule has 0 bridgehead atoms. The molecule has 0 fully saturated rings. The highest BCUT2D eigenvalue weighted by molar-refractivity contribution is 14.1. The third kappa shape index (κ3) is 4.26. The van der Waals surface area contributed by atoms with Gasteiger partial charge in [0.25, 0.3) is 0 Å². The van der Waals surface area contributed by atoms with Crippen LogP contribution in [0.15, 0.2) is 51.4 Å². The first-order valence-corrected chi connectivity index (χ1v) is 8.42. The van der Waals surface area contributed by atoms with Crippen molar-refractivity contribution in [2.75, 3.05) is 0 Å². The normalized spacial score (nSPS) is 12.4. The largest absolute Gasteiger partial charge is 0.271 e. The number of nitrogens with one attached hydrogen (secondary N) is 1. The van der Waals surface area contributed by atoms with Crippen molar-refractivity contribution >= 4 is 54.5 Å². The van der Waals surface area contributed by atoms with E-state index in [9.17, 15) is 0 Å². The molecule has 1 atom stereocenters. The molecule has 2 aromatic rings. The summed E-state index contributed by atoms with van der Waals surface area (Å²) in [4.78, 5) is 0. The number of halogens is 3. The van der Waals surface area contributed by atoms with Crippen LogP contribution in [0, 0.1) is 3.57 Å². The molecule has 100 valence electrons. The summed E-state index contributed by atoms with van der Waals surface area (Å²) in [6.45, 7) is 0. The van der Waals surface area contributed by atoms with Crippen LogP contribution in [0.5, 0.6) is 0 Å². The third-order valence-corrected chi connectivity index (χ3v) is 4.89. The second-order valence-corrected chi connectivity index (χ2v) is 7.21. The molecule has 0 radical (unpaired) electrons. The standard InChI is InChI=1S/C14H13Br2IN2/c15-10-3-1-9(2-4-10)7-14(19-18)12-8-11(16)5-6-13(12)17/h1-6,8,14,19H,7,18H2. The zero-order valence-electron chi connectivity index (χ0n) is 10.0. The molecule has 0 amide bonds. The van der Waals surface area contributed by atoms with Gasteiger partial charge in [-0.2, -0.15) is 0 Å². The Kier molecular flexibility index (Phi) is 5.83. The van der Waals surface area contributed by atoms with Crippen molar-refractivity contribution in [2.45, 2.75) is 12.5 Å². The molecule has 3 N–H and O–H groups in total. The Morgan fingerprint density at radius 2 is 1.68 bits per heavy atom. The lowest BCUT2D eigenvalue weighted by Crippen LogP contribution is -2.30. The first kappa shape index (κ1) is 15.4. The fourth-order valence-electron chi connectivity index (χ4n) is 1.90. The number of benzene rings is 2. The summed E-state index contributed by atoms with van der Waals surface area (Å²) >= 11 is 9.30. The first-order chi connectivity index (χ1) is 9.10. The monoisotopic (exact) mass is 494 g/mol. The van der Waals surface area contributed by atoms with Crippen molar-refractivity contribution in [3.63, 3.8) is 0 Å². The van der Waals surface area contributed by atoms with Gasteiger partial charge in [-0.1, -0.05) is 44.0 Å². The Morgan fingerprint density at radius 3 is 2.32 bits per heavy atom. The topological polar surface area (TPSA) is 38.0 Å². The van der Waals surface area contributed by atoms with E-state index in [4.69, 9.17) is 5.84 Å². The number of nitrogens with two attached hydrogens (primary N) is 1. The molecular formula is C14H13Br2IN2. The van der Waals surface area contributed by atoms with Crippen molar-refractivity contribution in [3.05, 3.63) is 66.1 Å². The van der Waals surface area contributed by atoms with Crippen molar-refractivity contribution < 1.29 is 0 Å². The van der Waals surface area contributed by atoms with Crippen molar-refractivity contribution in [1.29, 1.82) is 0 Å². The maximum atomic E-state index is 5.72. The summed E-state index contributed by atoms with van der Waals surface area (Å²) in [6.07, 6.45) is 0.857.